The largest absolute Gasteiger partial charge is 0.481 e. The van der Waals surface area contributed by atoms with E-state index in [1.165, 1.54) is 20.0 Å². The van der Waals surface area contributed by atoms with Gasteiger partial charge in [0.15, 0.2) is 6.10 Å². The predicted octanol–water partition coefficient (Wildman–Crippen LogP) is 6.29. The second kappa shape index (κ2) is 13.7. The van der Waals surface area contributed by atoms with Gasteiger partial charge in [-0.2, -0.15) is 0 Å². The van der Waals surface area contributed by atoms with Crippen LogP contribution in [-0.2, 0) is 52.4 Å². The van der Waals surface area contributed by atoms with Crippen LogP contribution in [-0.4, -0.2) is 84.3 Å². The highest BCUT2D eigenvalue weighted by molar-refractivity contribution is 5.84. The molecule has 0 amide bonds. The van der Waals surface area contributed by atoms with Gasteiger partial charge >= 0.3 is 29.8 Å². The zero-order valence-electron chi connectivity index (χ0n) is 34.3. The van der Waals surface area contributed by atoms with E-state index in [-0.39, 0.29) is 50.1 Å². The number of carboxylic acids is 1. The molecular weight excluding hydrogens is 696 g/mol. The molecule has 14 unspecified atom stereocenters. The Morgan fingerprint density at radius 2 is 1.46 bits per heavy atom. The lowest BCUT2D eigenvalue weighted by molar-refractivity contribution is -0.189. The van der Waals surface area contributed by atoms with E-state index in [0.717, 1.165) is 19.3 Å². The van der Waals surface area contributed by atoms with Gasteiger partial charge in [0.1, 0.15) is 23.4 Å². The van der Waals surface area contributed by atoms with Crippen molar-refractivity contribution in [3.8, 4) is 0 Å². The molecule has 54 heavy (non-hydrogen) atoms. The third kappa shape index (κ3) is 6.98. The van der Waals surface area contributed by atoms with Gasteiger partial charge in [0, 0.05) is 18.9 Å². The lowest BCUT2D eigenvalue weighted by Crippen LogP contribution is -2.52. The van der Waals surface area contributed by atoms with Crippen LogP contribution >= 0.6 is 0 Å². The van der Waals surface area contributed by atoms with Crippen molar-refractivity contribution in [3.63, 3.8) is 0 Å². The van der Waals surface area contributed by atoms with E-state index in [1.54, 1.807) is 62.3 Å². The topological polar surface area (TPSA) is 161 Å². The lowest BCUT2D eigenvalue weighted by Gasteiger charge is -2.46. The standard InChI is InChI=1S/C42H64O12/c1-12-39(7,33(44)45)20-41(9,35(47)53-37(2,3)4)21-40(8,36(48)54-42(10)17-22-16-26(42)24-15-13-14-23(22)24)19-38(5,6)34(46)52-31-29-27-25(18-50-32(27)43)28(51-29)30(31)49-11/h22-31H,12-21H2,1-11H3,(H,44,45). The van der Waals surface area contributed by atoms with Gasteiger partial charge in [-0.1, -0.05) is 13.3 Å². The third-order valence-electron chi connectivity index (χ3n) is 14.4. The van der Waals surface area contributed by atoms with E-state index in [4.69, 9.17) is 28.4 Å². The fourth-order valence-corrected chi connectivity index (χ4v) is 12.0. The molecule has 6 fully saturated rings. The summed E-state index contributed by atoms with van der Waals surface area (Å²) in [5.41, 5.74) is -7.13. The van der Waals surface area contributed by atoms with E-state index in [9.17, 15) is 24.3 Å². The third-order valence-corrected chi connectivity index (χ3v) is 14.4. The van der Waals surface area contributed by atoms with E-state index < -0.39 is 87.1 Å². The van der Waals surface area contributed by atoms with Crippen molar-refractivity contribution < 1.29 is 57.5 Å². The summed E-state index contributed by atoms with van der Waals surface area (Å²) in [5, 5.41) is 10.4. The van der Waals surface area contributed by atoms with Gasteiger partial charge in [0.2, 0.25) is 0 Å². The fourth-order valence-electron chi connectivity index (χ4n) is 12.0. The lowest BCUT2D eigenvalue weighted by atomic mass is 9.61. The Bertz CT molecular complexity index is 1530. The predicted molar refractivity (Wildman–Crippen MR) is 195 cm³/mol. The van der Waals surface area contributed by atoms with Gasteiger partial charge < -0.3 is 33.5 Å². The van der Waals surface area contributed by atoms with E-state index in [0.29, 0.717) is 17.8 Å². The molecule has 0 aromatic rings. The molecule has 6 rings (SSSR count). The van der Waals surface area contributed by atoms with Crippen molar-refractivity contribution in [2.75, 3.05) is 13.7 Å². The van der Waals surface area contributed by atoms with Gasteiger partial charge in [-0.3, -0.25) is 24.0 Å². The van der Waals surface area contributed by atoms with Gasteiger partial charge in [0.25, 0.3) is 0 Å². The first-order chi connectivity index (χ1) is 24.9. The molecular formula is C42H64O12. The molecule has 1 N–H and O–H groups in total. The molecule has 6 aliphatic rings. The summed E-state index contributed by atoms with van der Waals surface area (Å²) in [5.74, 6) is -1.99. The van der Waals surface area contributed by atoms with Crippen LogP contribution in [0, 0.1) is 57.2 Å². The van der Waals surface area contributed by atoms with Crippen LogP contribution < -0.4 is 0 Å². The summed E-state index contributed by atoms with van der Waals surface area (Å²) in [4.78, 5) is 69.0. The number of carboxylic acid groups (broad SMARTS) is 1. The van der Waals surface area contributed by atoms with Crippen molar-refractivity contribution in [2.24, 2.45) is 57.2 Å². The SMILES string of the molecule is CCC(C)(CC(C)(CC(C)(CC(C)(C)C(=O)OC1C(OC)C2OC1C1C(=O)OCC21)C(=O)OC1(C)CC2CC1C1CCCC21)C(=O)OC(C)(C)C)C(=O)O. The van der Waals surface area contributed by atoms with E-state index in [1.807, 2.05) is 6.92 Å². The Hall–Kier alpha value is -2.73. The average Bonchev–Trinajstić information content (AvgIpc) is 3.89. The van der Waals surface area contributed by atoms with Crippen molar-refractivity contribution >= 4 is 29.8 Å². The van der Waals surface area contributed by atoms with Gasteiger partial charge in [-0.25, -0.2) is 0 Å². The Balaban J connectivity index is 1.32. The molecule has 3 aliphatic carbocycles. The molecule has 4 bridgehead atoms. The number of esters is 4. The Labute approximate surface area is 320 Å². The van der Waals surface area contributed by atoms with Crippen LogP contribution in [0.1, 0.15) is 127 Å². The minimum absolute atomic E-state index is 0.0738. The number of hydrogen-bond acceptors (Lipinski definition) is 11. The molecule has 304 valence electrons. The highest BCUT2D eigenvalue weighted by Gasteiger charge is 2.68. The zero-order chi connectivity index (χ0) is 40.0. The second-order valence-electron chi connectivity index (χ2n) is 20.5. The maximum Gasteiger partial charge on any atom is 0.312 e. The maximum absolute atomic E-state index is 15.0. The van der Waals surface area contributed by atoms with Crippen LogP contribution in [0.25, 0.3) is 0 Å². The van der Waals surface area contributed by atoms with E-state index >= 15 is 4.79 Å². The summed E-state index contributed by atoms with van der Waals surface area (Å²) in [7, 11) is 1.52. The number of cyclic esters (lactones) is 1. The first kappa shape index (κ1) is 40.9. The molecule has 0 spiro atoms. The van der Waals surface area contributed by atoms with Crippen LogP contribution in [0.3, 0.4) is 0 Å². The monoisotopic (exact) mass is 760 g/mol. The highest BCUT2D eigenvalue weighted by Crippen LogP contribution is 2.64. The Morgan fingerprint density at radius 3 is 2.07 bits per heavy atom. The van der Waals surface area contributed by atoms with Crippen molar-refractivity contribution in [3.05, 3.63) is 0 Å². The molecule has 12 heteroatoms. The molecule has 3 saturated heterocycles. The molecule has 3 aliphatic heterocycles. The molecule has 0 aromatic carbocycles. The molecule has 3 heterocycles. The molecule has 12 nitrogen and oxygen atoms in total. The smallest absolute Gasteiger partial charge is 0.312 e. The molecule has 0 aromatic heterocycles. The number of fused-ring (bicyclic) bond motifs is 10. The fraction of sp³-hybridized carbons (Fsp3) is 0.881. The average molecular weight is 761 g/mol. The van der Waals surface area contributed by atoms with E-state index in [2.05, 4.69) is 0 Å². The Kier molecular flexibility index (Phi) is 10.4. The van der Waals surface area contributed by atoms with Gasteiger partial charge in [-0.15, -0.1) is 0 Å². The van der Waals surface area contributed by atoms with Crippen molar-refractivity contribution in [1.82, 2.24) is 0 Å². The summed E-state index contributed by atoms with van der Waals surface area (Å²) >= 11 is 0. The minimum Gasteiger partial charge on any atom is -0.481 e. The highest BCUT2D eigenvalue weighted by atomic mass is 16.6. The van der Waals surface area contributed by atoms with Crippen LogP contribution in [0.4, 0.5) is 0 Å². The summed E-state index contributed by atoms with van der Waals surface area (Å²) in [6, 6.07) is 0. The van der Waals surface area contributed by atoms with Crippen LogP contribution in [0.5, 0.6) is 0 Å². The normalized spacial score (nSPS) is 38.5. The molecule has 0 radical (unpaired) electrons. The van der Waals surface area contributed by atoms with Gasteiger partial charge in [-0.05, 0) is 131 Å². The van der Waals surface area contributed by atoms with Crippen molar-refractivity contribution in [2.45, 2.75) is 163 Å². The number of rotatable bonds is 14. The molecule has 14 atom stereocenters. The summed E-state index contributed by atoms with van der Waals surface area (Å²) < 4.78 is 36.1. The van der Waals surface area contributed by atoms with Crippen LogP contribution in [0.15, 0.2) is 0 Å². The number of aliphatic carboxylic acids is 1. The van der Waals surface area contributed by atoms with Gasteiger partial charge in [0.05, 0.1) is 40.3 Å². The number of carbonyl (C=O) groups is 5. The number of carbonyl (C=O) groups excluding carboxylic acids is 4. The zero-order valence-corrected chi connectivity index (χ0v) is 34.3. The molecule has 3 saturated carbocycles. The number of ether oxygens (including phenoxy) is 6. The van der Waals surface area contributed by atoms with Crippen LogP contribution in [0.2, 0.25) is 0 Å². The number of hydrogen-bond donors (Lipinski definition) is 1. The van der Waals surface area contributed by atoms with Crippen molar-refractivity contribution in [1.29, 1.82) is 0 Å². The first-order valence-electron chi connectivity index (χ1n) is 20.2. The first-order valence-corrected chi connectivity index (χ1v) is 20.2. The summed E-state index contributed by atoms with van der Waals surface area (Å²) in [6.07, 6.45) is 2.64. The Morgan fingerprint density at radius 1 is 0.833 bits per heavy atom. The number of methoxy groups -OCH3 is 1. The minimum atomic E-state index is -1.46. The maximum atomic E-state index is 15.0. The summed E-state index contributed by atoms with van der Waals surface area (Å²) in [6.45, 7) is 17.7. The quantitative estimate of drug-likeness (QED) is 0.156. The second-order valence-corrected chi connectivity index (χ2v) is 20.5.